The number of nitrogens with one attached hydrogen (secondary N) is 2. The lowest BCUT2D eigenvalue weighted by molar-refractivity contribution is -0.154. The standard InChI is InChI=1S/C33H43N3O10/c1-32(2,3)45-30(41)36(31(42)46-33(4,5)6)44-20-27(37)34-18-12-11-17-26(28(38)39)35-29(40)43-19-25-23-15-9-7-13-21(23)22-14-8-10-16-24(22)25/h7-10,13-16,25-26H,11-12,17-20H2,1-6H3,(H,34,37)(H,35,40)(H,38,39). The van der Waals surface area contributed by atoms with E-state index < -0.39 is 54.0 Å². The molecule has 0 aromatic heterocycles. The molecule has 13 nitrogen and oxygen atoms in total. The number of rotatable bonds is 12. The van der Waals surface area contributed by atoms with Crippen LogP contribution in [0.2, 0.25) is 0 Å². The van der Waals surface area contributed by atoms with Gasteiger partial charge < -0.3 is 30.0 Å². The van der Waals surface area contributed by atoms with Gasteiger partial charge in [0.1, 0.15) is 23.9 Å². The van der Waals surface area contributed by atoms with E-state index >= 15 is 0 Å². The minimum absolute atomic E-state index is 0.0551. The first-order valence-electron chi connectivity index (χ1n) is 15.1. The molecule has 1 unspecified atom stereocenters. The van der Waals surface area contributed by atoms with Gasteiger partial charge in [-0.1, -0.05) is 53.6 Å². The Morgan fingerprint density at radius 1 is 0.826 bits per heavy atom. The van der Waals surface area contributed by atoms with Crippen LogP contribution < -0.4 is 10.6 Å². The van der Waals surface area contributed by atoms with Crippen molar-refractivity contribution in [2.45, 2.75) is 84.0 Å². The molecule has 3 rings (SSSR count). The SMILES string of the molecule is CC(C)(C)OC(=O)N(OCC(=O)NCCCCC(NC(=O)OCC1c2ccccc2-c2ccccc21)C(=O)O)C(=O)OC(C)(C)C. The third-order valence-corrected chi connectivity index (χ3v) is 6.62. The van der Waals surface area contributed by atoms with Crippen LogP contribution in [0.15, 0.2) is 48.5 Å². The smallest absolute Gasteiger partial charge is 0.444 e. The highest BCUT2D eigenvalue weighted by Crippen LogP contribution is 2.44. The van der Waals surface area contributed by atoms with Crippen LogP contribution in [-0.4, -0.2) is 77.3 Å². The third kappa shape index (κ3) is 10.8. The zero-order valence-electron chi connectivity index (χ0n) is 27.1. The number of hydrogen-bond donors (Lipinski definition) is 3. The Labute approximate surface area is 268 Å². The van der Waals surface area contributed by atoms with Gasteiger partial charge in [-0.25, -0.2) is 24.0 Å². The molecule has 0 saturated heterocycles. The highest BCUT2D eigenvalue weighted by Gasteiger charge is 2.33. The van der Waals surface area contributed by atoms with Gasteiger partial charge in [0.25, 0.3) is 0 Å². The number of alkyl carbamates (subject to hydrolysis) is 1. The summed E-state index contributed by atoms with van der Waals surface area (Å²) in [5, 5.41) is 14.9. The molecule has 0 aliphatic heterocycles. The Bertz CT molecular complexity index is 1340. The van der Waals surface area contributed by atoms with Crippen molar-refractivity contribution in [1.82, 2.24) is 15.7 Å². The second-order valence-electron chi connectivity index (χ2n) is 12.7. The van der Waals surface area contributed by atoms with Gasteiger partial charge in [-0.05, 0) is 83.1 Å². The number of imide groups is 1. The summed E-state index contributed by atoms with van der Waals surface area (Å²) in [4.78, 5) is 66.7. The normalized spacial score (nSPS) is 13.1. The van der Waals surface area contributed by atoms with Crippen molar-refractivity contribution in [2.75, 3.05) is 19.8 Å². The van der Waals surface area contributed by atoms with Gasteiger partial charge in [0.05, 0.1) is 0 Å². The zero-order chi connectivity index (χ0) is 34.1. The number of benzene rings is 2. The summed E-state index contributed by atoms with van der Waals surface area (Å²) in [7, 11) is 0. The quantitative estimate of drug-likeness (QED) is 0.156. The Morgan fingerprint density at radius 3 is 1.85 bits per heavy atom. The molecule has 2 aromatic rings. The summed E-state index contributed by atoms with van der Waals surface area (Å²) >= 11 is 0. The van der Waals surface area contributed by atoms with Crippen molar-refractivity contribution in [3.8, 4) is 11.1 Å². The number of hydrogen-bond acceptors (Lipinski definition) is 9. The number of carboxylic acids is 1. The fraction of sp³-hybridized carbons (Fsp3) is 0.485. The van der Waals surface area contributed by atoms with Crippen LogP contribution in [0.1, 0.15) is 77.8 Å². The van der Waals surface area contributed by atoms with Gasteiger partial charge in [-0.2, -0.15) is 0 Å². The topological polar surface area (TPSA) is 170 Å². The average Bonchev–Trinajstić information content (AvgIpc) is 3.27. The fourth-order valence-corrected chi connectivity index (χ4v) is 4.70. The number of unbranched alkanes of at least 4 members (excludes halogenated alkanes) is 1. The Balaban J connectivity index is 1.42. The predicted molar refractivity (Wildman–Crippen MR) is 167 cm³/mol. The van der Waals surface area contributed by atoms with Crippen LogP contribution in [-0.2, 0) is 28.6 Å². The van der Waals surface area contributed by atoms with E-state index in [4.69, 9.17) is 19.0 Å². The van der Waals surface area contributed by atoms with Gasteiger partial charge in [-0.15, -0.1) is 0 Å². The molecule has 13 heteroatoms. The van der Waals surface area contributed by atoms with Crippen LogP contribution >= 0.6 is 0 Å². The van der Waals surface area contributed by atoms with Gasteiger partial charge in [0.15, 0.2) is 6.61 Å². The Hall–Kier alpha value is -4.65. The molecule has 250 valence electrons. The van der Waals surface area contributed by atoms with E-state index in [9.17, 15) is 29.1 Å². The molecule has 3 N–H and O–H groups in total. The minimum atomic E-state index is -1.21. The van der Waals surface area contributed by atoms with Crippen molar-refractivity contribution in [2.24, 2.45) is 0 Å². The number of aliphatic carboxylic acids is 1. The van der Waals surface area contributed by atoms with Crippen LogP contribution in [0.3, 0.4) is 0 Å². The molecule has 0 bridgehead atoms. The highest BCUT2D eigenvalue weighted by atomic mass is 16.8. The molecule has 0 radical (unpaired) electrons. The maximum absolute atomic E-state index is 12.6. The maximum atomic E-state index is 12.6. The molecule has 0 saturated carbocycles. The zero-order valence-corrected chi connectivity index (χ0v) is 27.1. The van der Waals surface area contributed by atoms with Gasteiger partial charge >= 0.3 is 24.2 Å². The molecule has 1 atom stereocenters. The minimum Gasteiger partial charge on any atom is -0.480 e. The van der Waals surface area contributed by atoms with Crippen molar-refractivity contribution in [3.05, 3.63) is 59.7 Å². The molecule has 1 aliphatic rings. The third-order valence-electron chi connectivity index (χ3n) is 6.62. The fourth-order valence-electron chi connectivity index (χ4n) is 4.70. The first-order valence-corrected chi connectivity index (χ1v) is 15.1. The van der Waals surface area contributed by atoms with E-state index in [1.807, 2.05) is 48.5 Å². The van der Waals surface area contributed by atoms with Crippen LogP contribution in [0, 0.1) is 0 Å². The Kier molecular flexibility index (Phi) is 12.1. The molecule has 4 amide bonds. The number of nitrogens with zero attached hydrogens (tertiary/aromatic N) is 1. The first-order chi connectivity index (χ1) is 21.6. The van der Waals surface area contributed by atoms with E-state index in [0.717, 1.165) is 22.3 Å². The summed E-state index contributed by atoms with van der Waals surface area (Å²) in [6.45, 7) is 9.15. The molecular formula is C33H43N3O10. The number of carbonyl (C=O) groups excluding carboxylic acids is 4. The summed E-state index contributed by atoms with van der Waals surface area (Å²) < 4.78 is 15.8. The van der Waals surface area contributed by atoms with Crippen molar-refractivity contribution < 1.29 is 48.1 Å². The average molecular weight is 642 g/mol. The second-order valence-corrected chi connectivity index (χ2v) is 12.7. The summed E-state index contributed by atoms with van der Waals surface area (Å²) in [5.41, 5.74) is 2.38. The van der Waals surface area contributed by atoms with E-state index in [0.29, 0.717) is 12.8 Å². The number of hydroxylamine groups is 2. The molecule has 0 heterocycles. The van der Waals surface area contributed by atoms with Crippen molar-refractivity contribution in [1.29, 1.82) is 0 Å². The summed E-state index contributed by atoms with van der Waals surface area (Å²) in [5.74, 6) is -2.01. The monoisotopic (exact) mass is 641 g/mol. The largest absolute Gasteiger partial charge is 0.480 e. The maximum Gasteiger partial charge on any atom is 0.444 e. The Morgan fingerprint density at radius 2 is 1.35 bits per heavy atom. The van der Waals surface area contributed by atoms with Crippen LogP contribution in [0.4, 0.5) is 14.4 Å². The van der Waals surface area contributed by atoms with Crippen LogP contribution in [0.25, 0.3) is 11.1 Å². The molecule has 2 aromatic carbocycles. The molecular weight excluding hydrogens is 598 g/mol. The summed E-state index contributed by atoms with van der Waals surface area (Å²) in [6.07, 6.45) is -2.29. The number of carboxylic acid groups (broad SMARTS) is 1. The second kappa shape index (κ2) is 15.6. The van der Waals surface area contributed by atoms with Crippen molar-refractivity contribution >= 4 is 30.2 Å². The van der Waals surface area contributed by atoms with Gasteiger partial charge in [0, 0.05) is 12.5 Å². The van der Waals surface area contributed by atoms with E-state index in [1.54, 1.807) is 41.5 Å². The van der Waals surface area contributed by atoms with E-state index in [2.05, 4.69) is 10.6 Å². The van der Waals surface area contributed by atoms with Crippen molar-refractivity contribution in [3.63, 3.8) is 0 Å². The van der Waals surface area contributed by atoms with E-state index in [-0.39, 0.29) is 30.6 Å². The number of ether oxygens (including phenoxy) is 3. The molecule has 46 heavy (non-hydrogen) atoms. The summed E-state index contributed by atoms with van der Waals surface area (Å²) in [6, 6.07) is 14.6. The number of amides is 4. The number of fused-ring (bicyclic) bond motifs is 3. The highest BCUT2D eigenvalue weighted by molar-refractivity contribution is 5.87. The van der Waals surface area contributed by atoms with E-state index in [1.165, 1.54) is 0 Å². The lowest BCUT2D eigenvalue weighted by atomic mass is 9.98. The lowest BCUT2D eigenvalue weighted by Gasteiger charge is -2.27. The van der Waals surface area contributed by atoms with Crippen LogP contribution in [0.5, 0.6) is 0 Å². The lowest BCUT2D eigenvalue weighted by Crippen LogP contribution is -2.45. The van der Waals surface area contributed by atoms with Gasteiger partial charge in [-0.3, -0.25) is 4.79 Å². The molecule has 0 fully saturated rings. The first kappa shape index (κ1) is 35.8. The number of carbonyl (C=O) groups is 5. The predicted octanol–water partition coefficient (Wildman–Crippen LogP) is 5.37. The molecule has 1 aliphatic carbocycles. The van der Waals surface area contributed by atoms with Gasteiger partial charge in [0.2, 0.25) is 5.91 Å². The molecule has 0 spiro atoms.